The number of carbonyl (C=O) groups is 1. The van der Waals surface area contributed by atoms with Crippen LogP contribution in [0.15, 0.2) is 69.1 Å². The average Bonchev–Trinajstić information content (AvgIpc) is 3.43. The number of hydrogen-bond acceptors (Lipinski definition) is 8. The monoisotopic (exact) mass is 635 g/mol. The normalized spacial score (nSPS) is 16.1. The Labute approximate surface area is 238 Å². The van der Waals surface area contributed by atoms with Crippen molar-refractivity contribution in [2.24, 2.45) is 0 Å². The predicted molar refractivity (Wildman–Crippen MR) is 143 cm³/mol. The van der Waals surface area contributed by atoms with E-state index < -0.39 is 55.9 Å². The van der Waals surface area contributed by atoms with E-state index in [4.69, 9.17) is 4.74 Å². The highest BCUT2D eigenvalue weighted by Crippen LogP contribution is 2.39. The summed E-state index contributed by atoms with van der Waals surface area (Å²) in [5.41, 5.74) is -2.61. The number of nitrogens with zero attached hydrogens (tertiary/aromatic N) is 1. The Hall–Kier alpha value is -3.17. The number of carbonyl (C=O) groups excluding carboxylic acids is 1. The minimum absolute atomic E-state index is 0.0212. The van der Waals surface area contributed by atoms with Gasteiger partial charge in [-0.3, -0.25) is 9.10 Å². The minimum Gasteiger partial charge on any atom is -0.486 e. The SMILES string of the molecule is CC(C)(OC(=O)Cc1ccc2c(c1)N(S(=O)(=O)c1ccc(F)cc1)C[C@H](CCS(=O)(=O)c1cccs1)O2)C(F)(F)F. The van der Waals surface area contributed by atoms with Gasteiger partial charge >= 0.3 is 12.1 Å². The molecule has 0 amide bonds. The number of sulfone groups is 1. The Balaban J connectivity index is 1.64. The molecule has 2 heterocycles. The van der Waals surface area contributed by atoms with E-state index in [1.807, 2.05) is 0 Å². The lowest BCUT2D eigenvalue weighted by molar-refractivity contribution is -0.257. The highest BCUT2D eigenvalue weighted by molar-refractivity contribution is 7.93. The van der Waals surface area contributed by atoms with Crippen LogP contribution in [0.5, 0.6) is 5.75 Å². The van der Waals surface area contributed by atoms with E-state index in [0.717, 1.165) is 39.9 Å². The van der Waals surface area contributed by atoms with E-state index in [0.29, 0.717) is 13.8 Å². The Bertz CT molecular complexity index is 1620. The number of rotatable bonds is 9. The van der Waals surface area contributed by atoms with Crippen molar-refractivity contribution in [3.8, 4) is 5.75 Å². The van der Waals surface area contributed by atoms with Gasteiger partial charge in [-0.05, 0) is 67.3 Å². The van der Waals surface area contributed by atoms with Crippen molar-refractivity contribution in [1.29, 1.82) is 0 Å². The Morgan fingerprint density at radius 1 is 1.07 bits per heavy atom. The van der Waals surface area contributed by atoms with Crippen LogP contribution in [0.3, 0.4) is 0 Å². The maximum absolute atomic E-state index is 13.6. The number of fused-ring (bicyclic) bond motifs is 1. The molecule has 1 aliphatic rings. The topological polar surface area (TPSA) is 107 Å². The summed E-state index contributed by atoms with van der Waals surface area (Å²) < 4.78 is 117. The van der Waals surface area contributed by atoms with Gasteiger partial charge in [0.25, 0.3) is 10.0 Å². The molecular formula is C26H25F4NO7S3. The molecule has 0 fully saturated rings. The zero-order valence-electron chi connectivity index (χ0n) is 21.7. The number of benzene rings is 2. The molecule has 0 saturated heterocycles. The van der Waals surface area contributed by atoms with Gasteiger partial charge in [-0.1, -0.05) is 12.1 Å². The number of halogens is 4. The van der Waals surface area contributed by atoms with Crippen LogP contribution in [-0.4, -0.2) is 53.0 Å². The Morgan fingerprint density at radius 3 is 2.37 bits per heavy atom. The van der Waals surface area contributed by atoms with Crippen molar-refractivity contribution < 1.29 is 48.7 Å². The summed E-state index contributed by atoms with van der Waals surface area (Å²) in [6, 6.07) is 11.1. The second-order valence-electron chi connectivity index (χ2n) is 9.73. The average molecular weight is 636 g/mol. The van der Waals surface area contributed by atoms with Gasteiger partial charge < -0.3 is 9.47 Å². The van der Waals surface area contributed by atoms with Gasteiger partial charge in [-0.15, -0.1) is 11.3 Å². The third kappa shape index (κ3) is 6.84. The highest BCUT2D eigenvalue weighted by Gasteiger charge is 2.50. The summed E-state index contributed by atoms with van der Waals surface area (Å²) in [4.78, 5) is 12.1. The number of esters is 1. The van der Waals surface area contributed by atoms with Gasteiger partial charge in [0.2, 0.25) is 5.60 Å². The largest absolute Gasteiger partial charge is 0.486 e. The van der Waals surface area contributed by atoms with Crippen LogP contribution in [0.4, 0.5) is 23.2 Å². The van der Waals surface area contributed by atoms with E-state index in [-0.39, 0.29) is 44.8 Å². The Morgan fingerprint density at radius 2 is 1.76 bits per heavy atom. The molecular weight excluding hydrogens is 610 g/mol. The zero-order chi connectivity index (χ0) is 30.2. The van der Waals surface area contributed by atoms with Crippen LogP contribution >= 0.6 is 11.3 Å². The lowest BCUT2D eigenvalue weighted by Crippen LogP contribution is -2.44. The van der Waals surface area contributed by atoms with Crippen molar-refractivity contribution in [2.75, 3.05) is 16.6 Å². The van der Waals surface area contributed by atoms with Crippen molar-refractivity contribution in [2.45, 2.75) is 53.7 Å². The molecule has 1 atom stereocenters. The number of alkyl halides is 3. The maximum Gasteiger partial charge on any atom is 0.427 e. The summed E-state index contributed by atoms with van der Waals surface area (Å²) in [5, 5.41) is 1.62. The molecule has 222 valence electrons. The molecule has 1 aromatic heterocycles. The first-order chi connectivity index (χ1) is 19.0. The van der Waals surface area contributed by atoms with Crippen molar-refractivity contribution in [1.82, 2.24) is 0 Å². The maximum atomic E-state index is 13.6. The second-order valence-corrected chi connectivity index (χ2v) is 14.9. The summed E-state index contributed by atoms with van der Waals surface area (Å²) in [7, 11) is -7.99. The summed E-state index contributed by atoms with van der Waals surface area (Å²) in [6.07, 6.45) is -6.36. The molecule has 0 N–H and O–H groups in total. The summed E-state index contributed by atoms with van der Waals surface area (Å²) in [6.45, 7) is 1.10. The third-order valence-corrected chi connectivity index (χ3v) is 11.3. The van der Waals surface area contributed by atoms with Crippen LogP contribution in [0, 0.1) is 5.82 Å². The molecule has 0 aliphatic carbocycles. The fourth-order valence-electron chi connectivity index (χ4n) is 3.95. The molecule has 4 rings (SSSR count). The molecule has 0 saturated carbocycles. The van der Waals surface area contributed by atoms with E-state index in [9.17, 15) is 39.2 Å². The first kappa shape index (κ1) is 30.8. The van der Waals surface area contributed by atoms with E-state index in [1.54, 1.807) is 11.4 Å². The van der Waals surface area contributed by atoms with Crippen molar-refractivity contribution in [3.63, 3.8) is 0 Å². The van der Waals surface area contributed by atoms with Crippen LogP contribution in [0.25, 0.3) is 0 Å². The lowest BCUT2D eigenvalue weighted by Gasteiger charge is -2.36. The smallest absolute Gasteiger partial charge is 0.427 e. The molecule has 2 aromatic carbocycles. The molecule has 0 radical (unpaired) electrons. The number of ether oxygens (including phenoxy) is 2. The molecule has 15 heteroatoms. The quantitative estimate of drug-likeness (QED) is 0.237. The molecule has 0 unspecified atom stereocenters. The molecule has 3 aromatic rings. The highest BCUT2D eigenvalue weighted by atomic mass is 32.2. The number of thiophene rings is 1. The molecule has 8 nitrogen and oxygen atoms in total. The van der Waals surface area contributed by atoms with Crippen LogP contribution < -0.4 is 9.04 Å². The number of hydrogen-bond donors (Lipinski definition) is 0. The van der Waals surface area contributed by atoms with Gasteiger partial charge in [0, 0.05) is 6.42 Å². The van der Waals surface area contributed by atoms with E-state index >= 15 is 0 Å². The first-order valence-electron chi connectivity index (χ1n) is 12.1. The standard InChI is InChI=1S/C26H25F4NO7S3/c1-25(2,26(28,29)30)38-23(32)15-17-5-10-22-21(14-17)31(41(35,36)20-8-6-18(27)7-9-20)16-19(37-22)11-13-40(33,34)24-4-3-12-39-24/h3-10,12,14,19H,11,13,15-16H2,1-2H3/t19-/m0/s1. The summed E-state index contributed by atoms with van der Waals surface area (Å²) >= 11 is 1.05. The lowest BCUT2D eigenvalue weighted by atomic mass is 10.1. The number of anilines is 1. The van der Waals surface area contributed by atoms with Crippen molar-refractivity contribution in [3.05, 3.63) is 71.4 Å². The van der Waals surface area contributed by atoms with Crippen molar-refractivity contribution >= 4 is 42.9 Å². The predicted octanol–water partition coefficient (Wildman–Crippen LogP) is 5.13. The fourth-order valence-corrected chi connectivity index (χ4v) is 7.96. The van der Waals surface area contributed by atoms with Crippen LogP contribution in [0.2, 0.25) is 0 Å². The first-order valence-corrected chi connectivity index (χ1v) is 16.1. The van der Waals surface area contributed by atoms with Gasteiger partial charge in [0.1, 0.15) is 21.9 Å². The van der Waals surface area contributed by atoms with Gasteiger partial charge in [-0.2, -0.15) is 13.2 Å². The van der Waals surface area contributed by atoms with E-state index in [2.05, 4.69) is 4.74 Å². The Kier molecular flexibility index (Phi) is 8.45. The van der Waals surface area contributed by atoms with E-state index in [1.165, 1.54) is 24.3 Å². The summed E-state index contributed by atoms with van der Waals surface area (Å²) in [5.74, 6) is -2.12. The molecule has 0 spiro atoms. The van der Waals surface area contributed by atoms with Gasteiger partial charge in [-0.25, -0.2) is 21.2 Å². The third-order valence-electron chi connectivity index (χ3n) is 6.27. The number of sulfonamides is 1. The van der Waals surface area contributed by atoms with Gasteiger partial charge in [0.05, 0.1) is 29.3 Å². The molecule has 1 aliphatic heterocycles. The molecule has 0 bridgehead atoms. The molecule has 41 heavy (non-hydrogen) atoms. The second kappa shape index (κ2) is 11.2. The fraction of sp³-hybridized carbons (Fsp3) is 0.346. The van der Waals surface area contributed by atoms with Gasteiger partial charge in [0.15, 0.2) is 9.84 Å². The zero-order valence-corrected chi connectivity index (χ0v) is 24.2. The van der Waals surface area contributed by atoms with Crippen LogP contribution in [0.1, 0.15) is 25.8 Å². The minimum atomic E-state index is -4.81. The van der Waals surface area contributed by atoms with Crippen LogP contribution in [-0.2, 0) is 35.8 Å².